The number of hydrogen-bond acceptors (Lipinski definition) is 5. The molecule has 27 heavy (non-hydrogen) atoms. The van der Waals surface area contributed by atoms with E-state index in [1.165, 1.54) is 0 Å². The van der Waals surface area contributed by atoms with Gasteiger partial charge in [-0.05, 0) is 24.6 Å². The molecule has 0 aliphatic rings. The quantitative estimate of drug-likeness (QED) is 0.368. The lowest BCUT2D eigenvalue weighted by molar-refractivity contribution is -0.138. The van der Waals surface area contributed by atoms with Gasteiger partial charge in [0, 0.05) is 5.75 Å². The zero-order chi connectivity index (χ0) is 19.9. The lowest BCUT2D eigenvalue weighted by Crippen LogP contribution is -2.34. The topological polar surface area (TPSA) is 55.1 Å². The Labute approximate surface area is 160 Å². The van der Waals surface area contributed by atoms with Crippen molar-refractivity contribution in [2.24, 2.45) is 0 Å². The van der Waals surface area contributed by atoms with Crippen molar-refractivity contribution >= 4 is 35.8 Å². The van der Waals surface area contributed by atoms with Crippen molar-refractivity contribution in [2.75, 3.05) is 5.32 Å². The molecule has 1 N–H and O–H groups in total. The summed E-state index contributed by atoms with van der Waals surface area (Å²) in [4.78, 5) is 7.61. The number of anilines is 1. The first kappa shape index (κ1) is 19.6. The molecule has 144 valence electrons. The fourth-order valence-corrected chi connectivity index (χ4v) is 2.86. The second-order valence-corrected chi connectivity index (χ2v) is 6.27. The van der Waals surface area contributed by atoms with Crippen LogP contribution in [0.5, 0.6) is 0 Å². The Bertz CT molecular complexity index is 983. The van der Waals surface area contributed by atoms with Crippen LogP contribution in [0.25, 0.3) is 16.9 Å². The van der Waals surface area contributed by atoms with Crippen molar-refractivity contribution in [2.45, 2.75) is 24.9 Å². The molecular weight excluding hydrogens is 413 g/mol. The molecule has 0 saturated heterocycles. The molecule has 5 nitrogen and oxygen atoms in total. The smallest absolute Gasteiger partial charge is 0.358 e. The van der Waals surface area contributed by atoms with Crippen LogP contribution in [-0.2, 0) is 5.75 Å². The summed E-state index contributed by atoms with van der Waals surface area (Å²) in [5, 5.41) is 5.51. The van der Waals surface area contributed by atoms with E-state index in [4.69, 9.17) is 11.6 Å². The fourth-order valence-electron chi connectivity index (χ4n) is 2.41. The van der Waals surface area contributed by atoms with Gasteiger partial charge >= 0.3 is 6.18 Å². The van der Waals surface area contributed by atoms with Crippen molar-refractivity contribution in [3.63, 3.8) is 0 Å². The van der Waals surface area contributed by atoms with Crippen LogP contribution in [0.1, 0.15) is 12.5 Å². The maximum Gasteiger partial charge on any atom is 0.408 e. The molecule has 2 heterocycles. The van der Waals surface area contributed by atoms with Crippen LogP contribution >= 0.6 is 24.2 Å². The highest BCUT2D eigenvalue weighted by Crippen LogP contribution is 2.39. The van der Waals surface area contributed by atoms with E-state index in [2.05, 4.69) is 33.0 Å². The highest BCUT2D eigenvalue weighted by atomic mass is 35.5. The van der Waals surface area contributed by atoms with Crippen LogP contribution in [0.4, 0.5) is 27.8 Å². The third kappa shape index (κ3) is 3.65. The van der Waals surface area contributed by atoms with Gasteiger partial charge in [-0.3, -0.25) is 0 Å². The molecule has 0 aliphatic carbocycles. The third-order valence-corrected chi connectivity index (χ3v) is 4.40. The minimum Gasteiger partial charge on any atom is -0.358 e. The van der Waals surface area contributed by atoms with E-state index in [0.717, 1.165) is 29.9 Å². The Morgan fingerprint density at radius 1 is 1.22 bits per heavy atom. The van der Waals surface area contributed by atoms with Crippen LogP contribution in [0.3, 0.4) is 0 Å². The van der Waals surface area contributed by atoms with Gasteiger partial charge in [-0.1, -0.05) is 11.6 Å². The van der Waals surface area contributed by atoms with E-state index in [1.54, 1.807) is 0 Å². The molecule has 0 saturated carbocycles. The van der Waals surface area contributed by atoms with Crippen molar-refractivity contribution in [1.82, 2.24) is 19.6 Å². The molecule has 0 fully saturated rings. The summed E-state index contributed by atoms with van der Waals surface area (Å²) in [7, 11) is 0. The molecule has 12 heteroatoms. The lowest BCUT2D eigenvalue weighted by Gasteiger charge is -2.21. The molecule has 1 unspecified atom stereocenters. The summed E-state index contributed by atoms with van der Waals surface area (Å²) in [6.07, 6.45) is -3.60. The van der Waals surface area contributed by atoms with Gasteiger partial charge in [0.15, 0.2) is 0 Å². The van der Waals surface area contributed by atoms with Crippen molar-refractivity contribution < 1.29 is 22.0 Å². The van der Waals surface area contributed by atoms with Crippen LogP contribution in [0.2, 0.25) is 5.15 Å². The predicted octanol–water partition coefficient (Wildman–Crippen LogP) is 4.52. The summed E-state index contributed by atoms with van der Waals surface area (Å²) in [5.41, 5.74) is -0.778. The molecule has 3 rings (SSSR count). The second kappa shape index (κ2) is 7.12. The van der Waals surface area contributed by atoms with Crippen molar-refractivity contribution in [3.8, 4) is 11.1 Å². The summed E-state index contributed by atoms with van der Waals surface area (Å²) in [6, 6.07) is -0.0287. The van der Waals surface area contributed by atoms with E-state index in [9.17, 15) is 22.0 Å². The zero-order valence-corrected chi connectivity index (χ0v) is 15.2. The number of rotatable bonds is 4. The van der Waals surface area contributed by atoms with Crippen LogP contribution < -0.4 is 5.32 Å². The Morgan fingerprint density at radius 2 is 1.85 bits per heavy atom. The number of aromatic nitrogens is 4. The number of thiol groups is 1. The Balaban J connectivity index is 2.30. The summed E-state index contributed by atoms with van der Waals surface area (Å²) < 4.78 is 69.2. The van der Waals surface area contributed by atoms with Crippen molar-refractivity contribution in [1.29, 1.82) is 0 Å². The number of halogens is 6. The molecule has 0 amide bonds. The number of hydrogen-bond donors (Lipinski definition) is 2. The second-order valence-electron chi connectivity index (χ2n) is 5.60. The highest BCUT2D eigenvalue weighted by molar-refractivity contribution is 7.79. The molecule has 0 radical (unpaired) electrons. The molecule has 0 aliphatic heterocycles. The van der Waals surface area contributed by atoms with Gasteiger partial charge in [0.05, 0.1) is 11.1 Å². The third-order valence-electron chi connectivity index (χ3n) is 3.76. The molecule has 0 bridgehead atoms. The summed E-state index contributed by atoms with van der Waals surface area (Å²) in [5.74, 6) is -2.50. The predicted molar refractivity (Wildman–Crippen MR) is 93.0 cm³/mol. The average molecular weight is 424 g/mol. The molecule has 2 aromatic heterocycles. The summed E-state index contributed by atoms with van der Waals surface area (Å²) in [6.45, 7) is 0.845. The number of nitrogens with zero attached hydrogens (tertiary/aromatic N) is 4. The number of nitrogens with one attached hydrogen (secondary N) is 1. The molecular formula is C15H11ClF5N5S. The van der Waals surface area contributed by atoms with Gasteiger partial charge in [0.25, 0.3) is 5.78 Å². The summed E-state index contributed by atoms with van der Waals surface area (Å²) >= 11 is 10.0. The van der Waals surface area contributed by atoms with E-state index < -0.39 is 40.1 Å². The highest BCUT2D eigenvalue weighted by Gasteiger charge is 2.37. The van der Waals surface area contributed by atoms with Gasteiger partial charge in [0.2, 0.25) is 0 Å². The molecule has 1 aromatic carbocycles. The molecule has 0 spiro atoms. The van der Waals surface area contributed by atoms with E-state index in [-0.39, 0.29) is 22.9 Å². The minimum atomic E-state index is -4.63. The van der Waals surface area contributed by atoms with Crippen molar-refractivity contribution in [3.05, 3.63) is 40.8 Å². The SMILES string of the molecule is CC(Nc1c(-c2c(F)cc(CS)cc2F)c(Cl)nc2ncnn12)C(F)(F)F. The lowest BCUT2D eigenvalue weighted by atomic mass is 10.0. The first-order chi connectivity index (χ1) is 12.6. The molecule has 3 aromatic rings. The Kier molecular flexibility index (Phi) is 5.17. The maximum absolute atomic E-state index is 14.6. The first-order valence-electron chi connectivity index (χ1n) is 7.45. The molecule has 1 atom stereocenters. The normalized spacial score (nSPS) is 13.2. The average Bonchev–Trinajstić information content (AvgIpc) is 3.03. The van der Waals surface area contributed by atoms with Gasteiger partial charge < -0.3 is 5.32 Å². The van der Waals surface area contributed by atoms with E-state index in [1.807, 2.05) is 0 Å². The van der Waals surface area contributed by atoms with Crippen LogP contribution in [0, 0.1) is 11.6 Å². The number of fused-ring (bicyclic) bond motifs is 1. The minimum absolute atomic E-state index is 0.0679. The standard InChI is InChI=1S/C15H11ClF5N5S/c1-6(15(19,20)21)24-13-11(12(16)25-14-22-5-23-26(13)14)10-8(17)2-7(4-27)3-9(10)18/h2-3,5-6,24,27H,4H2,1H3. The Morgan fingerprint density at radius 3 is 2.41 bits per heavy atom. The van der Waals surface area contributed by atoms with Crippen LogP contribution in [-0.4, -0.2) is 31.8 Å². The van der Waals surface area contributed by atoms with E-state index in [0.29, 0.717) is 0 Å². The van der Waals surface area contributed by atoms with Gasteiger partial charge in [-0.15, -0.1) is 0 Å². The van der Waals surface area contributed by atoms with E-state index >= 15 is 0 Å². The maximum atomic E-state index is 14.6. The van der Waals surface area contributed by atoms with Gasteiger partial charge in [-0.25, -0.2) is 8.78 Å². The zero-order valence-electron chi connectivity index (χ0n) is 13.5. The number of benzene rings is 1. The number of alkyl halides is 3. The van der Waals surface area contributed by atoms with Gasteiger partial charge in [-0.2, -0.15) is 45.4 Å². The Hall–Kier alpha value is -2.14. The largest absolute Gasteiger partial charge is 0.408 e. The van der Waals surface area contributed by atoms with Gasteiger partial charge in [0.1, 0.15) is 35.0 Å². The fraction of sp³-hybridized carbons (Fsp3) is 0.267. The monoisotopic (exact) mass is 423 g/mol. The van der Waals surface area contributed by atoms with Crippen LogP contribution in [0.15, 0.2) is 18.5 Å². The first-order valence-corrected chi connectivity index (χ1v) is 8.46.